The fraction of sp³-hybridized carbons (Fsp3) is 0.538. The first-order valence-electron chi connectivity index (χ1n) is 5.70. The zero-order chi connectivity index (χ0) is 12.0. The molecule has 0 aliphatic carbocycles. The van der Waals surface area contributed by atoms with E-state index in [4.69, 9.17) is 4.74 Å². The summed E-state index contributed by atoms with van der Waals surface area (Å²) in [6.45, 7) is 5.24. The van der Waals surface area contributed by atoms with Crippen molar-refractivity contribution in [3.63, 3.8) is 0 Å². The minimum absolute atomic E-state index is 0.130. The third-order valence-corrected chi connectivity index (χ3v) is 2.57. The van der Waals surface area contributed by atoms with Gasteiger partial charge in [0.15, 0.2) is 0 Å². The number of benzene rings is 1. The maximum Gasteiger partial charge on any atom is 0.126 e. The van der Waals surface area contributed by atoms with Crippen LogP contribution in [0, 0.1) is 12.7 Å². The quantitative estimate of drug-likeness (QED) is 0.752. The van der Waals surface area contributed by atoms with E-state index in [1.165, 1.54) is 6.07 Å². The van der Waals surface area contributed by atoms with E-state index < -0.39 is 0 Å². The highest BCUT2D eigenvalue weighted by atomic mass is 19.1. The largest absolute Gasteiger partial charge is 0.379 e. The van der Waals surface area contributed by atoms with Gasteiger partial charge in [0.2, 0.25) is 0 Å². The number of hydrogen-bond acceptors (Lipinski definition) is 2. The van der Waals surface area contributed by atoms with Gasteiger partial charge in [-0.15, -0.1) is 0 Å². The molecule has 0 aliphatic heterocycles. The fourth-order valence-electron chi connectivity index (χ4n) is 1.58. The Morgan fingerprint density at radius 1 is 1.44 bits per heavy atom. The van der Waals surface area contributed by atoms with E-state index in [0.29, 0.717) is 12.2 Å². The SMILES string of the molecule is CCCOCC(NC)c1ccc(F)c(C)c1. The molecule has 0 bridgehead atoms. The number of aryl methyl sites for hydroxylation is 1. The Labute approximate surface area is 96.8 Å². The third-order valence-electron chi connectivity index (χ3n) is 2.57. The van der Waals surface area contributed by atoms with Crippen LogP contribution in [0.2, 0.25) is 0 Å². The van der Waals surface area contributed by atoms with Crippen molar-refractivity contribution >= 4 is 0 Å². The van der Waals surface area contributed by atoms with Crippen LogP contribution in [0.3, 0.4) is 0 Å². The van der Waals surface area contributed by atoms with Crippen LogP contribution in [0.15, 0.2) is 18.2 Å². The minimum atomic E-state index is -0.159. The molecule has 1 N–H and O–H groups in total. The summed E-state index contributed by atoms with van der Waals surface area (Å²) in [7, 11) is 1.89. The number of nitrogens with one attached hydrogen (secondary N) is 1. The van der Waals surface area contributed by atoms with E-state index in [2.05, 4.69) is 12.2 Å². The van der Waals surface area contributed by atoms with Crippen LogP contribution < -0.4 is 5.32 Å². The molecule has 0 aliphatic rings. The molecular weight excluding hydrogens is 205 g/mol. The Kier molecular flexibility index (Phi) is 5.43. The lowest BCUT2D eigenvalue weighted by atomic mass is 10.0. The molecule has 0 amide bonds. The molecule has 1 aromatic rings. The first kappa shape index (κ1) is 13.1. The summed E-state index contributed by atoms with van der Waals surface area (Å²) in [4.78, 5) is 0. The zero-order valence-corrected chi connectivity index (χ0v) is 10.2. The highest BCUT2D eigenvalue weighted by Crippen LogP contribution is 2.16. The Morgan fingerprint density at radius 3 is 2.75 bits per heavy atom. The zero-order valence-electron chi connectivity index (χ0n) is 10.2. The van der Waals surface area contributed by atoms with Gasteiger partial charge in [-0.25, -0.2) is 4.39 Å². The highest BCUT2D eigenvalue weighted by molar-refractivity contribution is 5.26. The molecule has 1 aromatic carbocycles. The van der Waals surface area contributed by atoms with E-state index in [0.717, 1.165) is 18.6 Å². The van der Waals surface area contributed by atoms with Crippen molar-refractivity contribution < 1.29 is 9.13 Å². The molecule has 1 rings (SSSR count). The second-order valence-electron chi connectivity index (χ2n) is 3.92. The van der Waals surface area contributed by atoms with E-state index in [-0.39, 0.29) is 11.9 Å². The van der Waals surface area contributed by atoms with E-state index >= 15 is 0 Å². The Hall–Kier alpha value is -0.930. The Balaban J connectivity index is 2.67. The van der Waals surface area contributed by atoms with Crippen LogP contribution in [-0.4, -0.2) is 20.3 Å². The highest BCUT2D eigenvalue weighted by Gasteiger charge is 2.10. The first-order valence-corrected chi connectivity index (χ1v) is 5.70. The summed E-state index contributed by atoms with van der Waals surface area (Å²) in [5, 5.41) is 3.18. The standard InChI is InChI=1S/C13H20FNO/c1-4-7-16-9-13(15-3)11-5-6-12(14)10(2)8-11/h5-6,8,13,15H,4,7,9H2,1-3H3. The first-order chi connectivity index (χ1) is 7.69. The van der Waals surface area contributed by atoms with Crippen LogP contribution >= 0.6 is 0 Å². The Bertz CT molecular complexity index is 328. The summed E-state index contributed by atoms with van der Waals surface area (Å²) in [5.41, 5.74) is 1.74. The molecule has 90 valence electrons. The average molecular weight is 225 g/mol. The van der Waals surface area contributed by atoms with Crippen LogP contribution in [0.1, 0.15) is 30.5 Å². The van der Waals surface area contributed by atoms with Crippen LogP contribution in [0.4, 0.5) is 4.39 Å². The number of ether oxygens (including phenoxy) is 1. The van der Waals surface area contributed by atoms with Crippen molar-refractivity contribution in [1.82, 2.24) is 5.32 Å². The van der Waals surface area contributed by atoms with Gasteiger partial charge in [-0.3, -0.25) is 0 Å². The predicted molar refractivity (Wildman–Crippen MR) is 64.0 cm³/mol. The summed E-state index contributed by atoms with van der Waals surface area (Å²) in [6.07, 6.45) is 1.01. The molecule has 16 heavy (non-hydrogen) atoms. The lowest BCUT2D eigenvalue weighted by molar-refractivity contribution is 0.114. The number of likely N-dealkylation sites (N-methyl/N-ethyl adjacent to an activating group) is 1. The van der Waals surface area contributed by atoms with Crippen molar-refractivity contribution in [2.24, 2.45) is 0 Å². The summed E-state index contributed by atoms with van der Waals surface area (Å²) in [5.74, 6) is -0.159. The van der Waals surface area contributed by atoms with Gasteiger partial charge in [-0.2, -0.15) is 0 Å². The van der Waals surface area contributed by atoms with Gasteiger partial charge in [0, 0.05) is 6.61 Å². The average Bonchev–Trinajstić information content (AvgIpc) is 2.29. The predicted octanol–water partition coefficient (Wildman–Crippen LogP) is 2.82. The lowest BCUT2D eigenvalue weighted by Gasteiger charge is -2.17. The molecule has 3 heteroatoms. The van der Waals surface area contributed by atoms with Crippen molar-refractivity contribution in [3.05, 3.63) is 35.1 Å². The van der Waals surface area contributed by atoms with Gasteiger partial charge in [-0.05, 0) is 37.6 Å². The molecule has 0 spiro atoms. The molecular formula is C13H20FNO. The molecule has 1 unspecified atom stereocenters. The van der Waals surface area contributed by atoms with E-state index in [1.807, 2.05) is 13.1 Å². The fourth-order valence-corrected chi connectivity index (χ4v) is 1.58. The van der Waals surface area contributed by atoms with E-state index in [9.17, 15) is 4.39 Å². The van der Waals surface area contributed by atoms with Crippen molar-refractivity contribution in [2.75, 3.05) is 20.3 Å². The second kappa shape index (κ2) is 6.61. The number of halogens is 1. The molecule has 0 aromatic heterocycles. The van der Waals surface area contributed by atoms with Gasteiger partial charge in [-0.1, -0.05) is 19.1 Å². The smallest absolute Gasteiger partial charge is 0.126 e. The van der Waals surface area contributed by atoms with Crippen molar-refractivity contribution in [3.8, 4) is 0 Å². The molecule has 0 saturated carbocycles. The molecule has 0 saturated heterocycles. The van der Waals surface area contributed by atoms with Crippen LogP contribution in [0.25, 0.3) is 0 Å². The Morgan fingerprint density at radius 2 is 2.19 bits per heavy atom. The summed E-state index contributed by atoms with van der Waals surface area (Å²) < 4.78 is 18.6. The molecule has 0 fully saturated rings. The molecule has 2 nitrogen and oxygen atoms in total. The summed E-state index contributed by atoms with van der Waals surface area (Å²) in [6, 6.07) is 5.31. The normalized spacial score (nSPS) is 12.8. The van der Waals surface area contributed by atoms with Crippen LogP contribution in [0.5, 0.6) is 0 Å². The molecule has 0 heterocycles. The topological polar surface area (TPSA) is 21.3 Å². The van der Waals surface area contributed by atoms with Gasteiger partial charge in [0.25, 0.3) is 0 Å². The number of hydrogen-bond donors (Lipinski definition) is 1. The third kappa shape index (κ3) is 3.58. The second-order valence-corrected chi connectivity index (χ2v) is 3.92. The maximum atomic E-state index is 13.1. The maximum absolute atomic E-state index is 13.1. The van der Waals surface area contributed by atoms with Gasteiger partial charge in [0.1, 0.15) is 5.82 Å². The summed E-state index contributed by atoms with van der Waals surface area (Å²) >= 11 is 0. The van der Waals surface area contributed by atoms with E-state index in [1.54, 1.807) is 13.0 Å². The number of rotatable bonds is 6. The van der Waals surface area contributed by atoms with Crippen LogP contribution in [-0.2, 0) is 4.74 Å². The van der Waals surface area contributed by atoms with Crippen molar-refractivity contribution in [1.29, 1.82) is 0 Å². The molecule has 0 radical (unpaired) electrons. The lowest BCUT2D eigenvalue weighted by Crippen LogP contribution is -2.22. The van der Waals surface area contributed by atoms with Crippen molar-refractivity contribution in [2.45, 2.75) is 26.3 Å². The molecule has 1 atom stereocenters. The monoisotopic (exact) mass is 225 g/mol. The van der Waals surface area contributed by atoms with Gasteiger partial charge in [0.05, 0.1) is 12.6 Å². The van der Waals surface area contributed by atoms with Gasteiger partial charge >= 0.3 is 0 Å². The van der Waals surface area contributed by atoms with Gasteiger partial charge < -0.3 is 10.1 Å². The minimum Gasteiger partial charge on any atom is -0.379 e.